The van der Waals surface area contributed by atoms with Gasteiger partial charge in [-0.05, 0) is 12.2 Å². The summed E-state index contributed by atoms with van der Waals surface area (Å²) in [5.74, 6) is 0. The van der Waals surface area contributed by atoms with E-state index in [1.54, 1.807) is 0 Å². The Bertz CT molecular complexity index is 177. The van der Waals surface area contributed by atoms with Gasteiger partial charge in [0, 0.05) is 5.57 Å². The highest BCUT2D eigenvalue weighted by Gasteiger charge is 1.84. The van der Waals surface area contributed by atoms with Gasteiger partial charge in [-0.3, -0.25) is 0 Å². The summed E-state index contributed by atoms with van der Waals surface area (Å²) < 4.78 is 0. The lowest BCUT2D eigenvalue weighted by Gasteiger charge is -1.81. The van der Waals surface area contributed by atoms with Crippen molar-refractivity contribution in [1.82, 2.24) is 0 Å². The lowest BCUT2D eigenvalue weighted by molar-refractivity contribution is -0.275. The van der Waals surface area contributed by atoms with Crippen LogP contribution in [-0.4, -0.2) is 0 Å². The molecule has 9 heavy (non-hydrogen) atoms. The molecule has 46 valence electrons. The van der Waals surface area contributed by atoms with Gasteiger partial charge >= 0.3 is 0 Å². The van der Waals surface area contributed by atoms with Crippen LogP contribution in [-0.2, 0) is 0 Å². The van der Waals surface area contributed by atoms with Crippen molar-refractivity contribution in [3.63, 3.8) is 0 Å². The molecule has 1 heteroatoms. The Hall–Kier alpha value is -1.08. The summed E-state index contributed by atoms with van der Waals surface area (Å²) in [7, 11) is 0. The predicted molar refractivity (Wildman–Crippen MR) is 38.4 cm³/mol. The molecule has 0 atom stereocenters. The average Bonchev–Trinajstić information content (AvgIpc) is 2.13. The van der Waals surface area contributed by atoms with Gasteiger partial charge in [-0.1, -0.05) is 24.3 Å². The molecule has 0 aromatic heterocycles. The SMILES string of the molecule is [NH3+]C=C1C=CC=CC=C1. The number of hydrogen-bond acceptors (Lipinski definition) is 0. The standard InChI is InChI=1S/C8H9N/c9-7-8-5-3-1-2-4-6-8/h1-7H,9H2/p+1. The Labute approximate surface area is 54.9 Å². The molecule has 0 saturated carbocycles. The largest absolute Gasteiger partial charge is 0.331 e. The van der Waals surface area contributed by atoms with Gasteiger partial charge in [0.1, 0.15) is 0 Å². The fourth-order valence-electron chi connectivity index (χ4n) is 0.653. The molecular weight excluding hydrogens is 110 g/mol. The van der Waals surface area contributed by atoms with E-state index in [9.17, 15) is 0 Å². The van der Waals surface area contributed by atoms with Crippen molar-refractivity contribution in [1.29, 1.82) is 0 Å². The fourth-order valence-corrected chi connectivity index (χ4v) is 0.653. The van der Waals surface area contributed by atoms with Crippen molar-refractivity contribution < 1.29 is 5.73 Å². The topological polar surface area (TPSA) is 27.6 Å². The van der Waals surface area contributed by atoms with Crippen LogP contribution in [0.3, 0.4) is 0 Å². The Morgan fingerprint density at radius 3 is 2.00 bits per heavy atom. The van der Waals surface area contributed by atoms with Gasteiger partial charge in [-0.25, -0.2) is 0 Å². The van der Waals surface area contributed by atoms with E-state index in [0.717, 1.165) is 5.57 Å². The van der Waals surface area contributed by atoms with E-state index in [0.29, 0.717) is 0 Å². The molecule has 0 aliphatic heterocycles. The van der Waals surface area contributed by atoms with Crippen LogP contribution in [0.15, 0.2) is 48.2 Å². The van der Waals surface area contributed by atoms with Gasteiger partial charge in [-0.2, -0.15) is 0 Å². The quantitative estimate of drug-likeness (QED) is 0.489. The highest BCUT2D eigenvalue weighted by molar-refractivity contribution is 5.35. The molecular formula is C8H10N+. The van der Waals surface area contributed by atoms with Crippen molar-refractivity contribution in [2.75, 3.05) is 0 Å². The number of hydrogen-bond donors (Lipinski definition) is 1. The summed E-state index contributed by atoms with van der Waals surface area (Å²) in [4.78, 5) is 0. The summed E-state index contributed by atoms with van der Waals surface area (Å²) in [5, 5.41) is 0. The Morgan fingerprint density at radius 1 is 1.00 bits per heavy atom. The van der Waals surface area contributed by atoms with Crippen LogP contribution >= 0.6 is 0 Å². The normalized spacial score (nSPS) is 15.9. The van der Waals surface area contributed by atoms with Crippen LogP contribution < -0.4 is 5.73 Å². The molecule has 0 fully saturated rings. The van der Waals surface area contributed by atoms with E-state index in [-0.39, 0.29) is 0 Å². The molecule has 0 heterocycles. The third-order valence-corrected chi connectivity index (χ3v) is 1.15. The van der Waals surface area contributed by atoms with E-state index in [2.05, 4.69) is 5.73 Å². The zero-order chi connectivity index (χ0) is 6.53. The van der Waals surface area contributed by atoms with E-state index >= 15 is 0 Å². The van der Waals surface area contributed by atoms with Crippen LogP contribution in [0.25, 0.3) is 0 Å². The molecule has 0 spiro atoms. The Kier molecular flexibility index (Phi) is 2.05. The first kappa shape index (κ1) is 6.05. The first-order valence-electron chi connectivity index (χ1n) is 2.94. The molecule has 1 rings (SSSR count). The molecule has 3 N–H and O–H groups in total. The lowest BCUT2D eigenvalue weighted by atomic mass is 10.2. The number of allylic oxidation sites excluding steroid dienone is 7. The Morgan fingerprint density at radius 2 is 1.56 bits per heavy atom. The smallest absolute Gasteiger partial charge is 0.0982 e. The Balaban J connectivity index is 2.82. The molecule has 0 bridgehead atoms. The second-order valence-electron chi connectivity index (χ2n) is 1.81. The van der Waals surface area contributed by atoms with Crippen LogP contribution in [0, 0.1) is 0 Å². The van der Waals surface area contributed by atoms with Crippen LogP contribution in [0.4, 0.5) is 0 Å². The lowest BCUT2D eigenvalue weighted by Crippen LogP contribution is -2.39. The number of rotatable bonds is 0. The molecule has 1 aliphatic carbocycles. The minimum atomic E-state index is 1.15. The van der Waals surface area contributed by atoms with Gasteiger partial charge in [0.15, 0.2) is 0 Å². The van der Waals surface area contributed by atoms with Crippen LogP contribution in [0.5, 0.6) is 0 Å². The molecule has 1 aliphatic rings. The van der Waals surface area contributed by atoms with Gasteiger partial charge in [0.2, 0.25) is 0 Å². The van der Waals surface area contributed by atoms with Gasteiger partial charge in [-0.15, -0.1) is 0 Å². The molecule has 0 aromatic rings. The monoisotopic (exact) mass is 120 g/mol. The summed E-state index contributed by atoms with van der Waals surface area (Å²) in [5.41, 5.74) is 4.81. The maximum Gasteiger partial charge on any atom is 0.0982 e. The highest BCUT2D eigenvalue weighted by atomic mass is 14.5. The summed E-state index contributed by atoms with van der Waals surface area (Å²) in [6, 6.07) is 0. The fraction of sp³-hybridized carbons (Fsp3) is 0. The maximum atomic E-state index is 3.66. The highest BCUT2D eigenvalue weighted by Crippen LogP contribution is 2.00. The maximum absolute atomic E-state index is 3.66. The second kappa shape index (κ2) is 3.05. The summed E-state index contributed by atoms with van der Waals surface area (Å²) in [6.45, 7) is 0. The first-order valence-corrected chi connectivity index (χ1v) is 2.94. The van der Waals surface area contributed by atoms with Crippen molar-refractivity contribution in [3.8, 4) is 0 Å². The minimum absolute atomic E-state index is 1.15. The second-order valence-corrected chi connectivity index (χ2v) is 1.81. The van der Waals surface area contributed by atoms with E-state index in [4.69, 9.17) is 0 Å². The number of quaternary nitrogens is 1. The third kappa shape index (κ3) is 1.70. The van der Waals surface area contributed by atoms with Crippen molar-refractivity contribution in [2.24, 2.45) is 0 Å². The predicted octanol–water partition coefficient (Wildman–Crippen LogP) is 0.794. The molecule has 0 aromatic carbocycles. The first-order chi connectivity index (χ1) is 4.43. The molecule has 1 nitrogen and oxygen atoms in total. The third-order valence-electron chi connectivity index (χ3n) is 1.15. The minimum Gasteiger partial charge on any atom is -0.331 e. The van der Waals surface area contributed by atoms with Gasteiger partial charge in [0.05, 0.1) is 6.20 Å². The summed E-state index contributed by atoms with van der Waals surface area (Å²) >= 11 is 0. The molecule has 0 unspecified atom stereocenters. The van der Waals surface area contributed by atoms with E-state index in [1.807, 2.05) is 42.7 Å². The van der Waals surface area contributed by atoms with Crippen molar-refractivity contribution >= 4 is 0 Å². The van der Waals surface area contributed by atoms with Crippen LogP contribution in [0.1, 0.15) is 0 Å². The van der Waals surface area contributed by atoms with Gasteiger partial charge in [0.25, 0.3) is 0 Å². The van der Waals surface area contributed by atoms with Crippen molar-refractivity contribution in [3.05, 3.63) is 48.2 Å². The average molecular weight is 120 g/mol. The zero-order valence-corrected chi connectivity index (χ0v) is 5.25. The zero-order valence-electron chi connectivity index (χ0n) is 5.25. The van der Waals surface area contributed by atoms with Crippen LogP contribution in [0.2, 0.25) is 0 Å². The van der Waals surface area contributed by atoms with Crippen molar-refractivity contribution in [2.45, 2.75) is 0 Å². The molecule has 0 radical (unpaired) electrons. The molecule has 0 amide bonds. The van der Waals surface area contributed by atoms with E-state index in [1.165, 1.54) is 0 Å². The van der Waals surface area contributed by atoms with Gasteiger partial charge < -0.3 is 5.73 Å². The molecule has 0 saturated heterocycles. The summed E-state index contributed by atoms with van der Waals surface area (Å²) in [6.07, 6.45) is 13.9. The van der Waals surface area contributed by atoms with E-state index < -0.39 is 0 Å².